The number of hydrogen-bond acceptors (Lipinski definition) is 3. The third kappa shape index (κ3) is 1.30. The molecule has 0 saturated carbocycles. The molecule has 1 aromatic heterocycles. The van der Waals surface area contributed by atoms with Gasteiger partial charge in [-0.15, -0.1) is 0 Å². The number of hydrogen-bond donors (Lipinski definition) is 0. The van der Waals surface area contributed by atoms with Gasteiger partial charge in [-0.3, -0.25) is 4.79 Å². The molecular formula is C6H5ClN2O. The molecule has 0 aliphatic rings. The Balaban J connectivity index is 3.21. The van der Waals surface area contributed by atoms with Gasteiger partial charge in [0.1, 0.15) is 5.69 Å². The smallest absolute Gasteiger partial charge is 0.222 e. The van der Waals surface area contributed by atoms with E-state index in [0.717, 1.165) is 5.56 Å². The second-order valence-electron chi connectivity index (χ2n) is 1.83. The maximum atomic E-state index is 10.2. The van der Waals surface area contributed by atoms with Gasteiger partial charge >= 0.3 is 0 Å². The molecule has 0 saturated heterocycles. The molecule has 3 nitrogen and oxygen atoms in total. The molecule has 0 aromatic carbocycles. The largest absolute Gasteiger partial charge is 0.296 e. The van der Waals surface area contributed by atoms with Crippen molar-refractivity contribution in [2.45, 2.75) is 6.92 Å². The summed E-state index contributed by atoms with van der Waals surface area (Å²) in [4.78, 5) is 17.6. The van der Waals surface area contributed by atoms with Crippen LogP contribution in [0.1, 0.15) is 16.1 Å². The summed E-state index contributed by atoms with van der Waals surface area (Å²) in [5.74, 6) is 0. The quantitative estimate of drug-likeness (QED) is 0.454. The van der Waals surface area contributed by atoms with Gasteiger partial charge in [-0.2, -0.15) is 0 Å². The lowest BCUT2D eigenvalue weighted by Crippen LogP contribution is -1.93. The number of carbonyl (C=O) groups excluding carboxylic acids is 1. The molecule has 4 heteroatoms. The van der Waals surface area contributed by atoms with Gasteiger partial charge < -0.3 is 0 Å². The molecule has 1 rings (SSSR count). The van der Waals surface area contributed by atoms with Crippen LogP contribution < -0.4 is 0 Å². The van der Waals surface area contributed by atoms with Crippen LogP contribution in [0.15, 0.2) is 6.20 Å². The van der Waals surface area contributed by atoms with Gasteiger partial charge in [0, 0.05) is 6.20 Å². The highest BCUT2D eigenvalue weighted by atomic mass is 35.5. The third-order valence-corrected chi connectivity index (χ3v) is 1.28. The minimum absolute atomic E-state index is 0.104. The number of aryl methyl sites for hydroxylation is 1. The van der Waals surface area contributed by atoms with Gasteiger partial charge in [0.05, 0.1) is 0 Å². The molecule has 52 valence electrons. The van der Waals surface area contributed by atoms with Crippen LogP contribution in [-0.4, -0.2) is 16.3 Å². The van der Waals surface area contributed by atoms with Crippen LogP contribution in [0.4, 0.5) is 0 Å². The standard InChI is InChI=1S/C6H5ClN2O/c1-4-2-8-6(7)9-5(4)3-10/h2-3H,1H3. The molecule has 0 bridgehead atoms. The monoisotopic (exact) mass is 156 g/mol. The summed E-state index contributed by atoms with van der Waals surface area (Å²) in [5.41, 5.74) is 1.08. The molecule has 0 aliphatic carbocycles. The van der Waals surface area contributed by atoms with Crippen molar-refractivity contribution < 1.29 is 4.79 Å². The molecule has 1 heterocycles. The Kier molecular flexibility index (Phi) is 1.97. The number of carbonyl (C=O) groups is 1. The molecule has 0 amide bonds. The number of nitrogens with zero attached hydrogens (tertiary/aromatic N) is 2. The van der Waals surface area contributed by atoms with Gasteiger partial charge in [-0.05, 0) is 24.1 Å². The van der Waals surface area contributed by atoms with Crippen molar-refractivity contribution in [3.05, 3.63) is 22.7 Å². The van der Waals surface area contributed by atoms with Crippen LogP contribution in [0.3, 0.4) is 0 Å². The molecule has 0 aliphatic heterocycles. The third-order valence-electron chi connectivity index (χ3n) is 1.09. The summed E-state index contributed by atoms with van der Waals surface area (Å²) in [7, 11) is 0. The fourth-order valence-electron chi connectivity index (χ4n) is 0.552. The van der Waals surface area contributed by atoms with Crippen LogP contribution >= 0.6 is 11.6 Å². The van der Waals surface area contributed by atoms with Gasteiger partial charge in [-0.1, -0.05) is 0 Å². The molecule has 0 unspecified atom stereocenters. The molecule has 1 aromatic rings. The predicted molar refractivity (Wildman–Crippen MR) is 37.2 cm³/mol. The average Bonchev–Trinajstić information content (AvgIpc) is 1.94. The molecule has 0 N–H and O–H groups in total. The first-order valence-electron chi connectivity index (χ1n) is 2.68. The predicted octanol–water partition coefficient (Wildman–Crippen LogP) is 1.25. The van der Waals surface area contributed by atoms with E-state index in [0.29, 0.717) is 12.0 Å². The molecule has 0 atom stereocenters. The highest BCUT2D eigenvalue weighted by molar-refractivity contribution is 6.28. The highest BCUT2D eigenvalue weighted by Gasteiger charge is 1.98. The molecule has 0 fully saturated rings. The Morgan fingerprint density at radius 1 is 1.70 bits per heavy atom. The Morgan fingerprint density at radius 2 is 2.40 bits per heavy atom. The van der Waals surface area contributed by atoms with E-state index in [1.54, 1.807) is 6.92 Å². The second kappa shape index (κ2) is 2.75. The topological polar surface area (TPSA) is 42.9 Å². The van der Waals surface area contributed by atoms with E-state index in [1.165, 1.54) is 6.20 Å². The molecule has 0 spiro atoms. The lowest BCUT2D eigenvalue weighted by atomic mass is 10.3. The molecule has 0 radical (unpaired) electrons. The summed E-state index contributed by atoms with van der Waals surface area (Å²) in [5, 5.41) is 0.104. The van der Waals surface area contributed by atoms with Crippen LogP contribution in [0.5, 0.6) is 0 Å². The molecule has 10 heavy (non-hydrogen) atoms. The minimum Gasteiger partial charge on any atom is -0.296 e. The van der Waals surface area contributed by atoms with E-state index in [9.17, 15) is 4.79 Å². The Morgan fingerprint density at radius 3 is 2.90 bits per heavy atom. The van der Waals surface area contributed by atoms with Crippen LogP contribution in [0.2, 0.25) is 5.28 Å². The van der Waals surface area contributed by atoms with Crippen molar-refractivity contribution in [2.75, 3.05) is 0 Å². The van der Waals surface area contributed by atoms with E-state index in [1.807, 2.05) is 0 Å². The van der Waals surface area contributed by atoms with Crippen LogP contribution in [0.25, 0.3) is 0 Å². The number of aromatic nitrogens is 2. The van der Waals surface area contributed by atoms with Gasteiger partial charge in [0.2, 0.25) is 5.28 Å². The van der Waals surface area contributed by atoms with E-state index < -0.39 is 0 Å². The lowest BCUT2D eigenvalue weighted by molar-refractivity contribution is 0.111. The van der Waals surface area contributed by atoms with E-state index >= 15 is 0 Å². The first-order chi connectivity index (χ1) is 4.74. The maximum absolute atomic E-state index is 10.2. The first-order valence-corrected chi connectivity index (χ1v) is 3.06. The van der Waals surface area contributed by atoms with Crippen LogP contribution in [0, 0.1) is 6.92 Å². The van der Waals surface area contributed by atoms with E-state index in [4.69, 9.17) is 11.6 Å². The van der Waals surface area contributed by atoms with E-state index in [-0.39, 0.29) is 5.28 Å². The highest BCUT2D eigenvalue weighted by Crippen LogP contribution is 2.03. The maximum Gasteiger partial charge on any atom is 0.222 e. The van der Waals surface area contributed by atoms with Gasteiger partial charge in [0.25, 0.3) is 0 Å². The van der Waals surface area contributed by atoms with Gasteiger partial charge in [0.15, 0.2) is 6.29 Å². The average molecular weight is 157 g/mol. The van der Waals surface area contributed by atoms with Crippen molar-refractivity contribution in [3.63, 3.8) is 0 Å². The van der Waals surface area contributed by atoms with Gasteiger partial charge in [-0.25, -0.2) is 9.97 Å². The summed E-state index contributed by atoms with van der Waals surface area (Å²) < 4.78 is 0. The minimum atomic E-state index is 0.104. The number of aldehydes is 1. The fraction of sp³-hybridized carbons (Fsp3) is 0.167. The van der Waals surface area contributed by atoms with Crippen molar-refractivity contribution in [1.29, 1.82) is 0 Å². The normalized spacial score (nSPS) is 9.40. The SMILES string of the molecule is Cc1cnc(Cl)nc1C=O. The number of halogens is 1. The van der Waals surface area contributed by atoms with Crippen molar-refractivity contribution in [1.82, 2.24) is 9.97 Å². The summed E-state index contributed by atoms with van der Waals surface area (Å²) >= 11 is 5.41. The Labute approximate surface area is 63.1 Å². The second-order valence-corrected chi connectivity index (χ2v) is 2.16. The first kappa shape index (κ1) is 7.15. The Bertz CT molecular complexity index is 262. The summed E-state index contributed by atoms with van der Waals surface area (Å²) in [6.45, 7) is 1.75. The zero-order valence-corrected chi connectivity index (χ0v) is 6.09. The number of rotatable bonds is 1. The van der Waals surface area contributed by atoms with Crippen molar-refractivity contribution in [2.24, 2.45) is 0 Å². The van der Waals surface area contributed by atoms with Crippen molar-refractivity contribution in [3.8, 4) is 0 Å². The zero-order valence-electron chi connectivity index (χ0n) is 5.34. The zero-order chi connectivity index (χ0) is 7.56. The molecular weight excluding hydrogens is 152 g/mol. The van der Waals surface area contributed by atoms with E-state index in [2.05, 4.69) is 9.97 Å². The lowest BCUT2D eigenvalue weighted by Gasteiger charge is -1.94. The summed E-state index contributed by atoms with van der Waals surface area (Å²) in [6.07, 6.45) is 2.17. The summed E-state index contributed by atoms with van der Waals surface area (Å²) in [6, 6.07) is 0. The Hall–Kier alpha value is -0.960. The fourth-order valence-corrected chi connectivity index (χ4v) is 0.692. The van der Waals surface area contributed by atoms with Crippen LogP contribution in [-0.2, 0) is 0 Å². The van der Waals surface area contributed by atoms with Crippen molar-refractivity contribution >= 4 is 17.9 Å².